The lowest BCUT2D eigenvalue weighted by Gasteiger charge is -2.14. The molecular formula is C9H22Cl2N2. The summed E-state index contributed by atoms with van der Waals surface area (Å²) in [6, 6.07) is 0. The van der Waals surface area contributed by atoms with Gasteiger partial charge in [0.1, 0.15) is 0 Å². The number of nitrogens with two attached hydrogens (primary N) is 1. The minimum absolute atomic E-state index is 0. The highest BCUT2D eigenvalue weighted by Gasteiger charge is 2.19. The fourth-order valence-corrected chi connectivity index (χ4v) is 1.69. The van der Waals surface area contributed by atoms with Crippen LogP contribution in [0.25, 0.3) is 0 Å². The van der Waals surface area contributed by atoms with Gasteiger partial charge < -0.3 is 10.6 Å². The molecule has 13 heavy (non-hydrogen) atoms. The predicted molar refractivity (Wildman–Crippen MR) is 63.0 cm³/mol. The van der Waals surface area contributed by atoms with Crippen molar-refractivity contribution in [3.8, 4) is 0 Å². The molecule has 0 aliphatic carbocycles. The Labute approximate surface area is 94.1 Å². The SMILES string of the molecule is CCCCN1CCC(CN)C1.Cl.Cl. The molecule has 1 aliphatic heterocycles. The van der Waals surface area contributed by atoms with Crippen molar-refractivity contribution in [3.05, 3.63) is 0 Å². The molecule has 2 nitrogen and oxygen atoms in total. The molecule has 0 saturated carbocycles. The Morgan fingerprint density at radius 1 is 1.38 bits per heavy atom. The summed E-state index contributed by atoms with van der Waals surface area (Å²) in [5, 5.41) is 0. The number of hydrogen-bond donors (Lipinski definition) is 1. The number of unbranched alkanes of at least 4 members (excludes halogenated alkanes) is 1. The molecule has 0 bridgehead atoms. The van der Waals surface area contributed by atoms with Gasteiger partial charge in [-0.1, -0.05) is 13.3 Å². The number of likely N-dealkylation sites (tertiary alicyclic amines) is 1. The molecule has 0 spiro atoms. The van der Waals surface area contributed by atoms with Crippen LogP contribution in [-0.4, -0.2) is 31.1 Å². The molecule has 0 amide bonds. The lowest BCUT2D eigenvalue weighted by atomic mass is 10.1. The Bertz CT molecular complexity index is 112. The molecule has 1 saturated heterocycles. The second kappa shape index (κ2) is 9.07. The third-order valence-corrected chi connectivity index (χ3v) is 2.53. The van der Waals surface area contributed by atoms with Crippen LogP contribution in [0.1, 0.15) is 26.2 Å². The zero-order valence-corrected chi connectivity index (χ0v) is 10.0. The highest BCUT2D eigenvalue weighted by Crippen LogP contribution is 2.14. The molecule has 4 heteroatoms. The van der Waals surface area contributed by atoms with Crippen molar-refractivity contribution in [2.75, 3.05) is 26.2 Å². The Kier molecular flexibility index (Phi) is 11.1. The normalized spacial score (nSPS) is 22.2. The van der Waals surface area contributed by atoms with Gasteiger partial charge in [-0.25, -0.2) is 0 Å². The molecule has 1 unspecified atom stereocenters. The van der Waals surface area contributed by atoms with E-state index < -0.39 is 0 Å². The van der Waals surface area contributed by atoms with Crippen LogP contribution in [0.4, 0.5) is 0 Å². The number of hydrogen-bond acceptors (Lipinski definition) is 2. The first-order valence-electron chi connectivity index (χ1n) is 4.79. The lowest BCUT2D eigenvalue weighted by Crippen LogP contribution is -2.24. The predicted octanol–water partition coefficient (Wildman–Crippen LogP) is 1.91. The van der Waals surface area contributed by atoms with Gasteiger partial charge in [0.15, 0.2) is 0 Å². The van der Waals surface area contributed by atoms with Gasteiger partial charge in [0.2, 0.25) is 0 Å². The number of nitrogens with zero attached hydrogens (tertiary/aromatic N) is 1. The van der Waals surface area contributed by atoms with Gasteiger partial charge in [-0.05, 0) is 38.4 Å². The van der Waals surface area contributed by atoms with E-state index >= 15 is 0 Å². The van der Waals surface area contributed by atoms with Gasteiger partial charge in [0.05, 0.1) is 0 Å². The standard InChI is InChI=1S/C9H20N2.2ClH/c1-2-3-5-11-6-4-9(7-10)8-11;;/h9H,2-8,10H2,1H3;2*1H. The maximum Gasteiger partial charge on any atom is 0.00222 e. The summed E-state index contributed by atoms with van der Waals surface area (Å²) in [6.45, 7) is 6.93. The Morgan fingerprint density at radius 3 is 2.54 bits per heavy atom. The van der Waals surface area contributed by atoms with Crippen LogP contribution in [-0.2, 0) is 0 Å². The minimum atomic E-state index is 0. The van der Waals surface area contributed by atoms with Crippen LogP contribution >= 0.6 is 24.8 Å². The molecule has 1 aliphatic rings. The van der Waals surface area contributed by atoms with Crippen LogP contribution < -0.4 is 5.73 Å². The first-order chi connectivity index (χ1) is 5.36. The summed E-state index contributed by atoms with van der Waals surface area (Å²) in [5.74, 6) is 0.784. The summed E-state index contributed by atoms with van der Waals surface area (Å²) in [7, 11) is 0. The Hall–Kier alpha value is 0.500. The van der Waals surface area contributed by atoms with E-state index in [1.165, 1.54) is 38.9 Å². The maximum atomic E-state index is 5.60. The van der Waals surface area contributed by atoms with E-state index in [0.29, 0.717) is 0 Å². The highest BCUT2D eigenvalue weighted by molar-refractivity contribution is 5.85. The van der Waals surface area contributed by atoms with Crippen LogP contribution in [0.2, 0.25) is 0 Å². The van der Waals surface area contributed by atoms with E-state index in [1.54, 1.807) is 0 Å². The first kappa shape index (κ1) is 15.9. The molecule has 1 heterocycles. The molecule has 82 valence electrons. The van der Waals surface area contributed by atoms with E-state index in [-0.39, 0.29) is 24.8 Å². The van der Waals surface area contributed by atoms with E-state index in [4.69, 9.17) is 5.73 Å². The minimum Gasteiger partial charge on any atom is -0.330 e. The average Bonchev–Trinajstić information content (AvgIpc) is 2.48. The molecule has 0 aromatic heterocycles. The van der Waals surface area contributed by atoms with E-state index in [0.717, 1.165) is 12.5 Å². The monoisotopic (exact) mass is 228 g/mol. The van der Waals surface area contributed by atoms with Gasteiger partial charge in [-0.2, -0.15) is 0 Å². The zero-order chi connectivity index (χ0) is 8.10. The fourth-order valence-electron chi connectivity index (χ4n) is 1.69. The lowest BCUT2D eigenvalue weighted by molar-refractivity contribution is 0.319. The third-order valence-electron chi connectivity index (χ3n) is 2.53. The van der Waals surface area contributed by atoms with Gasteiger partial charge in [-0.3, -0.25) is 0 Å². The van der Waals surface area contributed by atoms with E-state index in [1.807, 2.05) is 0 Å². The Balaban J connectivity index is 0. The van der Waals surface area contributed by atoms with Crippen molar-refractivity contribution >= 4 is 24.8 Å². The summed E-state index contributed by atoms with van der Waals surface area (Å²) in [4.78, 5) is 2.54. The van der Waals surface area contributed by atoms with Gasteiger partial charge >= 0.3 is 0 Å². The van der Waals surface area contributed by atoms with Gasteiger partial charge in [0, 0.05) is 6.54 Å². The summed E-state index contributed by atoms with van der Waals surface area (Å²) >= 11 is 0. The second-order valence-electron chi connectivity index (χ2n) is 3.54. The van der Waals surface area contributed by atoms with E-state index in [9.17, 15) is 0 Å². The van der Waals surface area contributed by atoms with Gasteiger partial charge in [-0.15, -0.1) is 24.8 Å². The van der Waals surface area contributed by atoms with Crippen molar-refractivity contribution in [1.29, 1.82) is 0 Å². The summed E-state index contributed by atoms with van der Waals surface area (Å²) in [6.07, 6.45) is 3.97. The van der Waals surface area contributed by atoms with Gasteiger partial charge in [0.25, 0.3) is 0 Å². The molecule has 0 aromatic rings. The molecule has 0 radical (unpaired) electrons. The molecular weight excluding hydrogens is 207 g/mol. The van der Waals surface area contributed by atoms with Crippen molar-refractivity contribution in [2.45, 2.75) is 26.2 Å². The van der Waals surface area contributed by atoms with Crippen molar-refractivity contribution < 1.29 is 0 Å². The smallest absolute Gasteiger partial charge is 0.00222 e. The van der Waals surface area contributed by atoms with Crippen LogP contribution in [0, 0.1) is 5.92 Å². The van der Waals surface area contributed by atoms with Crippen molar-refractivity contribution in [3.63, 3.8) is 0 Å². The van der Waals surface area contributed by atoms with Crippen LogP contribution in [0.5, 0.6) is 0 Å². The number of halogens is 2. The molecule has 2 N–H and O–H groups in total. The van der Waals surface area contributed by atoms with Crippen molar-refractivity contribution in [1.82, 2.24) is 4.90 Å². The summed E-state index contributed by atoms with van der Waals surface area (Å²) in [5.41, 5.74) is 5.60. The average molecular weight is 229 g/mol. The van der Waals surface area contributed by atoms with E-state index in [2.05, 4.69) is 11.8 Å². The quantitative estimate of drug-likeness (QED) is 0.797. The molecule has 1 atom stereocenters. The highest BCUT2D eigenvalue weighted by atomic mass is 35.5. The summed E-state index contributed by atoms with van der Waals surface area (Å²) < 4.78 is 0. The van der Waals surface area contributed by atoms with Crippen molar-refractivity contribution in [2.24, 2.45) is 11.7 Å². The largest absolute Gasteiger partial charge is 0.330 e. The maximum absolute atomic E-state index is 5.60. The third kappa shape index (κ3) is 5.74. The topological polar surface area (TPSA) is 29.3 Å². The molecule has 1 fully saturated rings. The fraction of sp³-hybridized carbons (Fsp3) is 1.00. The number of rotatable bonds is 4. The Morgan fingerprint density at radius 2 is 2.08 bits per heavy atom. The van der Waals surface area contributed by atoms with Crippen LogP contribution in [0.15, 0.2) is 0 Å². The zero-order valence-electron chi connectivity index (χ0n) is 8.37. The molecule has 1 rings (SSSR count). The second-order valence-corrected chi connectivity index (χ2v) is 3.54. The first-order valence-corrected chi connectivity index (χ1v) is 4.79. The van der Waals surface area contributed by atoms with Crippen LogP contribution in [0.3, 0.4) is 0 Å². The molecule has 0 aromatic carbocycles.